The van der Waals surface area contributed by atoms with E-state index >= 15 is 0 Å². The van der Waals surface area contributed by atoms with Crippen LogP contribution in [0.15, 0.2) is 24.7 Å². The third-order valence-corrected chi connectivity index (χ3v) is 3.67. The molecule has 0 radical (unpaired) electrons. The molecule has 0 fully saturated rings. The molecule has 0 saturated carbocycles. The van der Waals surface area contributed by atoms with Crippen LogP contribution >= 0.6 is 11.5 Å². The maximum atomic E-state index is 10.6. The van der Waals surface area contributed by atoms with Crippen LogP contribution in [0.2, 0.25) is 0 Å². The van der Waals surface area contributed by atoms with Crippen LogP contribution < -0.4 is 4.68 Å². The van der Waals surface area contributed by atoms with Gasteiger partial charge in [-0.1, -0.05) is 4.68 Å². The van der Waals surface area contributed by atoms with Crippen molar-refractivity contribution in [3.8, 4) is 10.7 Å². The van der Waals surface area contributed by atoms with Gasteiger partial charge in [0.2, 0.25) is 6.20 Å². The Bertz CT molecular complexity index is 612. The summed E-state index contributed by atoms with van der Waals surface area (Å²) in [5, 5.41) is 0. The van der Waals surface area contributed by atoms with Crippen molar-refractivity contribution in [2.24, 2.45) is 0 Å². The number of aromatic nitrogens is 4. The SMILES string of the molecule is O=S(=O)(O)CCC[n+]1cc(-c2ncccn2)sn1. The molecule has 0 atom stereocenters. The molecule has 0 spiro atoms. The van der Waals surface area contributed by atoms with Crippen LogP contribution in [0.5, 0.6) is 0 Å². The van der Waals surface area contributed by atoms with Crippen molar-refractivity contribution in [3.05, 3.63) is 24.7 Å². The first-order valence-electron chi connectivity index (χ1n) is 5.13. The van der Waals surface area contributed by atoms with Gasteiger partial charge in [0, 0.05) is 30.3 Å². The molecular weight excluding hydrogens is 276 g/mol. The summed E-state index contributed by atoms with van der Waals surface area (Å²) in [6.07, 6.45) is 5.35. The van der Waals surface area contributed by atoms with Crippen molar-refractivity contribution in [2.45, 2.75) is 13.0 Å². The Hall–Kier alpha value is -1.45. The van der Waals surface area contributed by atoms with E-state index in [-0.39, 0.29) is 5.75 Å². The highest BCUT2D eigenvalue weighted by Gasteiger charge is 2.14. The lowest BCUT2D eigenvalue weighted by Gasteiger charge is -1.91. The number of nitrogens with zero attached hydrogens (tertiary/aromatic N) is 4. The smallest absolute Gasteiger partial charge is 0.265 e. The fraction of sp³-hybridized carbons (Fsp3) is 0.333. The second kappa shape index (κ2) is 5.46. The maximum absolute atomic E-state index is 10.6. The molecule has 0 aliphatic carbocycles. The summed E-state index contributed by atoms with van der Waals surface area (Å²) in [6, 6.07) is 1.73. The number of hydrogen-bond acceptors (Lipinski definition) is 6. The van der Waals surface area contributed by atoms with Crippen LogP contribution in [-0.2, 0) is 16.7 Å². The quantitative estimate of drug-likeness (QED) is 0.622. The Morgan fingerprint density at radius 1 is 1.33 bits per heavy atom. The summed E-state index contributed by atoms with van der Waals surface area (Å²) >= 11 is 1.24. The van der Waals surface area contributed by atoms with Gasteiger partial charge in [0.1, 0.15) is 0 Å². The van der Waals surface area contributed by atoms with Crippen LogP contribution in [0.25, 0.3) is 10.7 Å². The average Bonchev–Trinajstić information content (AvgIpc) is 2.77. The highest BCUT2D eigenvalue weighted by molar-refractivity contribution is 7.85. The van der Waals surface area contributed by atoms with Crippen molar-refractivity contribution in [1.29, 1.82) is 0 Å². The van der Waals surface area contributed by atoms with Gasteiger partial charge < -0.3 is 0 Å². The van der Waals surface area contributed by atoms with E-state index in [0.717, 1.165) is 4.88 Å². The topological polar surface area (TPSA) is 96.9 Å². The van der Waals surface area contributed by atoms with Crippen molar-refractivity contribution >= 4 is 21.7 Å². The summed E-state index contributed by atoms with van der Waals surface area (Å²) in [5.41, 5.74) is 0. The van der Waals surface area contributed by atoms with Crippen LogP contribution in [0.1, 0.15) is 6.42 Å². The summed E-state index contributed by atoms with van der Waals surface area (Å²) in [7, 11) is -3.90. The van der Waals surface area contributed by atoms with E-state index < -0.39 is 10.1 Å². The van der Waals surface area contributed by atoms with E-state index in [9.17, 15) is 8.42 Å². The van der Waals surface area contributed by atoms with Gasteiger partial charge in [-0.3, -0.25) is 4.55 Å². The number of rotatable bonds is 5. The molecule has 0 amide bonds. The molecule has 0 aliphatic heterocycles. The Morgan fingerprint density at radius 2 is 2.06 bits per heavy atom. The first-order valence-corrected chi connectivity index (χ1v) is 7.52. The minimum atomic E-state index is -3.90. The minimum absolute atomic E-state index is 0.269. The second-order valence-corrected chi connectivity index (χ2v) is 5.90. The van der Waals surface area contributed by atoms with Crippen molar-refractivity contribution in [1.82, 2.24) is 14.5 Å². The molecule has 2 aromatic heterocycles. The maximum Gasteiger partial charge on any atom is 0.265 e. The zero-order valence-electron chi connectivity index (χ0n) is 9.30. The molecule has 96 valence electrons. The molecule has 0 bridgehead atoms. The zero-order valence-corrected chi connectivity index (χ0v) is 10.9. The highest BCUT2D eigenvalue weighted by Crippen LogP contribution is 2.14. The largest absolute Gasteiger partial charge is 0.286 e. The van der Waals surface area contributed by atoms with Gasteiger partial charge >= 0.3 is 0 Å². The van der Waals surface area contributed by atoms with E-state index in [2.05, 4.69) is 14.5 Å². The molecule has 0 aliphatic rings. The van der Waals surface area contributed by atoms with Gasteiger partial charge in [-0.05, 0) is 6.07 Å². The molecule has 2 rings (SSSR count). The Kier molecular flexibility index (Phi) is 3.94. The van der Waals surface area contributed by atoms with Crippen LogP contribution in [0.4, 0.5) is 0 Å². The molecular formula is C9H11N4O3S2+. The summed E-state index contributed by atoms with van der Waals surface area (Å²) < 4.78 is 35.4. The summed E-state index contributed by atoms with van der Waals surface area (Å²) in [6.45, 7) is 0.420. The number of hydrogen-bond donors (Lipinski definition) is 1. The molecule has 0 saturated heterocycles. The highest BCUT2D eigenvalue weighted by atomic mass is 32.2. The van der Waals surface area contributed by atoms with Crippen LogP contribution in [0.3, 0.4) is 0 Å². The Balaban J connectivity index is 1.99. The van der Waals surface area contributed by atoms with Crippen molar-refractivity contribution in [2.75, 3.05) is 5.75 Å². The second-order valence-electron chi connectivity index (χ2n) is 3.54. The minimum Gasteiger partial charge on any atom is -0.286 e. The predicted molar refractivity (Wildman–Crippen MR) is 64.4 cm³/mol. The summed E-state index contributed by atoms with van der Waals surface area (Å²) in [5.74, 6) is 0.317. The van der Waals surface area contributed by atoms with E-state index in [1.54, 1.807) is 29.3 Å². The van der Waals surface area contributed by atoms with Crippen molar-refractivity contribution in [3.63, 3.8) is 0 Å². The first-order chi connectivity index (χ1) is 8.54. The lowest BCUT2D eigenvalue weighted by atomic mass is 10.4. The van der Waals surface area contributed by atoms with Gasteiger partial charge in [0.15, 0.2) is 17.2 Å². The standard InChI is InChI=1S/C9H10N4O3S2/c14-18(15,16)6-2-5-13-7-8(17-12-13)9-10-3-1-4-11-9/h1,3-4,7H,2,5-6H2/p+1. The molecule has 7 nitrogen and oxygen atoms in total. The molecule has 2 aromatic rings. The predicted octanol–water partition coefficient (Wildman–Crippen LogP) is 0.166. The van der Waals surface area contributed by atoms with E-state index in [0.29, 0.717) is 18.8 Å². The zero-order chi connectivity index (χ0) is 13.0. The molecule has 18 heavy (non-hydrogen) atoms. The normalized spacial score (nSPS) is 11.6. The van der Waals surface area contributed by atoms with Crippen LogP contribution in [0, 0.1) is 0 Å². The molecule has 1 N–H and O–H groups in total. The summed E-state index contributed by atoms with van der Waals surface area (Å²) in [4.78, 5) is 8.99. The van der Waals surface area contributed by atoms with Crippen LogP contribution in [-0.4, -0.2) is 33.2 Å². The fourth-order valence-electron chi connectivity index (χ4n) is 1.32. The van der Waals surface area contributed by atoms with Crippen molar-refractivity contribution < 1.29 is 17.7 Å². The Labute approximate surface area is 108 Å². The molecule has 9 heteroatoms. The first kappa shape index (κ1) is 13.0. The number of aryl methyl sites for hydroxylation is 1. The molecule has 2 heterocycles. The lowest BCUT2D eigenvalue weighted by Crippen LogP contribution is -2.35. The van der Waals surface area contributed by atoms with Gasteiger partial charge in [-0.2, -0.15) is 8.42 Å². The molecule has 0 aromatic carbocycles. The third kappa shape index (κ3) is 3.79. The average molecular weight is 287 g/mol. The van der Waals surface area contributed by atoms with Gasteiger partial charge in [-0.25, -0.2) is 9.97 Å². The fourth-order valence-corrected chi connectivity index (χ4v) is 2.49. The third-order valence-electron chi connectivity index (χ3n) is 2.09. The van der Waals surface area contributed by atoms with Gasteiger partial charge in [0.05, 0.1) is 10.2 Å². The van der Waals surface area contributed by atoms with E-state index in [1.807, 2.05) is 0 Å². The van der Waals surface area contributed by atoms with E-state index in [1.165, 1.54) is 11.5 Å². The monoisotopic (exact) mass is 287 g/mol. The molecule has 0 unspecified atom stereocenters. The van der Waals surface area contributed by atoms with Gasteiger partial charge in [0.25, 0.3) is 10.1 Å². The van der Waals surface area contributed by atoms with Gasteiger partial charge in [-0.15, -0.1) is 0 Å². The Morgan fingerprint density at radius 3 is 2.72 bits per heavy atom. The lowest BCUT2D eigenvalue weighted by molar-refractivity contribution is -0.745. The van der Waals surface area contributed by atoms with E-state index in [4.69, 9.17) is 4.55 Å².